The quantitative estimate of drug-likeness (QED) is 0.184. The number of nitrogens with zero attached hydrogens (tertiary/aromatic N) is 2. The maximum atomic E-state index is 10.1. The van der Waals surface area contributed by atoms with Gasteiger partial charge >= 0.3 is 7.48 Å². The van der Waals surface area contributed by atoms with Gasteiger partial charge in [-0.15, -0.1) is 0 Å². The van der Waals surface area contributed by atoms with Crippen molar-refractivity contribution < 1.29 is 9.44 Å². The summed E-state index contributed by atoms with van der Waals surface area (Å²) in [5.74, 6) is 0. The zero-order valence-electron chi connectivity index (χ0n) is 28.7. The fourth-order valence-electron chi connectivity index (χ4n) is 8.44. The molecule has 8 aromatic carbocycles. The van der Waals surface area contributed by atoms with Crippen molar-refractivity contribution in [2.45, 2.75) is 0 Å². The topological polar surface area (TPSA) is 43.2 Å². The van der Waals surface area contributed by atoms with E-state index in [2.05, 4.69) is 173 Å². The van der Waals surface area contributed by atoms with Crippen LogP contribution in [-0.2, 0) is 0 Å². The molecule has 3 aromatic heterocycles. The van der Waals surface area contributed by atoms with Crippen molar-refractivity contribution in [3.8, 4) is 33.6 Å². The van der Waals surface area contributed by atoms with Gasteiger partial charge in [-0.05, 0) is 88.4 Å². The minimum absolute atomic E-state index is 0.0720. The van der Waals surface area contributed by atoms with Crippen LogP contribution in [0.4, 0.5) is 0 Å². The van der Waals surface area contributed by atoms with Crippen molar-refractivity contribution in [2.24, 2.45) is 0 Å². The lowest BCUT2D eigenvalue weighted by atomic mass is 9.87. The summed E-state index contributed by atoms with van der Waals surface area (Å²) >= 11 is 0. The number of hydrogen-bond acceptors (Lipinski definition) is 2. The number of aromatic nitrogens is 2. The highest BCUT2D eigenvalue weighted by Crippen LogP contribution is 2.41. The molecule has 1 N–H and O–H groups in total. The van der Waals surface area contributed by atoms with Gasteiger partial charge in [0.15, 0.2) is 5.58 Å². The molecular formula is C48H31BN2O2. The first-order valence-electron chi connectivity index (χ1n) is 18.0. The maximum Gasteiger partial charge on any atom is 0.308 e. The van der Waals surface area contributed by atoms with E-state index >= 15 is 0 Å². The number of para-hydroxylation sites is 4. The molecular weight excluding hydrogens is 647 g/mol. The van der Waals surface area contributed by atoms with Gasteiger partial charge in [0.25, 0.3) is 0 Å². The zero-order chi connectivity index (χ0) is 35.0. The molecule has 0 spiro atoms. The largest absolute Gasteiger partial charge is 0.454 e. The normalized spacial score (nSPS) is 11.9. The van der Waals surface area contributed by atoms with Crippen LogP contribution in [-0.4, -0.2) is 21.6 Å². The lowest BCUT2D eigenvalue weighted by molar-refractivity contribution is 0.613. The lowest BCUT2D eigenvalue weighted by Crippen LogP contribution is -2.13. The molecule has 0 aliphatic rings. The van der Waals surface area contributed by atoms with Crippen LogP contribution in [0.5, 0.6) is 0 Å². The SMILES string of the molecule is OBc1cccc2c1oc1c(-n3c4ccccc4c4cc(-c5ccc6c(c5)c5cc(-c7ccccc7)ccc5n6-c5ccccc5)ccc43)cccc12. The summed E-state index contributed by atoms with van der Waals surface area (Å²) in [6.07, 6.45) is 0. The Morgan fingerprint density at radius 3 is 1.57 bits per heavy atom. The molecule has 0 aliphatic heterocycles. The average molecular weight is 679 g/mol. The number of benzene rings is 8. The fourth-order valence-corrected chi connectivity index (χ4v) is 8.44. The summed E-state index contributed by atoms with van der Waals surface area (Å²) in [4.78, 5) is 0. The van der Waals surface area contributed by atoms with Crippen LogP contribution in [0.3, 0.4) is 0 Å². The minimum Gasteiger partial charge on any atom is -0.454 e. The van der Waals surface area contributed by atoms with Crippen molar-refractivity contribution in [2.75, 3.05) is 0 Å². The molecule has 248 valence electrons. The van der Waals surface area contributed by atoms with Crippen LogP contribution >= 0.6 is 0 Å². The second-order valence-corrected chi connectivity index (χ2v) is 13.8. The van der Waals surface area contributed by atoms with Crippen molar-refractivity contribution >= 4 is 78.5 Å². The molecule has 11 rings (SSSR count). The second-order valence-electron chi connectivity index (χ2n) is 13.8. The zero-order valence-corrected chi connectivity index (χ0v) is 28.7. The summed E-state index contributed by atoms with van der Waals surface area (Å²) in [7, 11) is -0.0720. The third kappa shape index (κ3) is 4.48. The van der Waals surface area contributed by atoms with E-state index in [4.69, 9.17) is 4.42 Å². The molecule has 0 saturated heterocycles. The first kappa shape index (κ1) is 29.9. The summed E-state index contributed by atoms with van der Waals surface area (Å²) in [5, 5.41) is 16.9. The van der Waals surface area contributed by atoms with Gasteiger partial charge < -0.3 is 18.6 Å². The molecule has 0 amide bonds. The van der Waals surface area contributed by atoms with E-state index in [1.54, 1.807) is 0 Å². The van der Waals surface area contributed by atoms with E-state index in [1.165, 1.54) is 49.3 Å². The molecule has 5 heteroatoms. The van der Waals surface area contributed by atoms with E-state index in [1.807, 2.05) is 12.1 Å². The maximum absolute atomic E-state index is 10.1. The van der Waals surface area contributed by atoms with Crippen LogP contribution < -0.4 is 5.46 Å². The van der Waals surface area contributed by atoms with E-state index in [-0.39, 0.29) is 7.48 Å². The first-order valence-corrected chi connectivity index (χ1v) is 18.0. The Labute approximate surface area is 305 Å². The molecule has 0 unspecified atom stereocenters. The molecule has 0 radical (unpaired) electrons. The van der Waals surface area contributed by atoms with Crippen LogP contribution in [0.15, 0.2) is 180 Å². The first-order chi connectivity index (χ1) is 26.2. The Bertz CT molecular complexity index is 3210. The van der Waals surface area contributed by atoms with Crippen LogP contribution in [0, 0.1) is 0 Å². The molecule has 0 atom stereocenters. The van der Waals surface area contributed by atoms with Gasteiger partial charge in [0.05, 0.1) is 27.8 Å². The van der Waals surface area contributed by atoms with Gasteiger partial charge in [-0.25, -0.2) is 0 Å². The van der Waals surface area contributed by atoms with E-state index in [9.17, 15) is 5.02 Å². The van der Waals surface area contributed by atoms with Crippen LogP contribution in [0.2, 0.25) is 0 Å². The van der Waals surface area contributed by atoms with Gasteiger partial charge in [0.2, 0.25) is 0 Å². The number of fused-ring (bicyclic) bond motifs is 9. The van der Waals surface area contributed by atoms with Gasteiger partial charge in [-0.3, -0.25) is 0 Å². The fraction of sp³-hybridized carbons (Fsp3) is 0. The molecule has 0 aliphatic carbocycles. The average Bonchev–Trinajstić information content (AvgIpc) is 3.88. The Kier molecular flexibility index (Phi) is 6.54. The Balaban J connectivity index is 1.13. The Morgan fingerprint density at radius 2 is 0.887 bits per heavy atom. The van der Waals surface area contributed by atoms with Crippen molar-refractivity contribution in [1.29, 1.82) is 0 Å². The van der Waals surface area contributed by atoms with Crippen molar-refractivity contribution in [3.63, 3.8) is 0 Å². The number of furan rings is 1. The molecule has 53 heavy (non-hydrogen) atoms. The summed E-state index contributed by atoms with van der Waals surface area (Å²) < 4.78 is 11.3. The Morgan fingerprint density at radius 1 is 0.377 bits per heavy atom. The van der Waals surface area contributed by atoms with E-state index in [0.717, 1.165) is 55.4 Å². The minimum atomic E-state index is -0.0720. The molecule has 11 aromatic rings. The highest BCUT2D eigenvalue weighted by molar-refractivity contribution is 6.50. The smallest absolute Gasteiger partial charge is 0.308 e. The van der Waals surface area contributed by atoms with Gasteiger partial charge in [-0.1, -0.05) is 115 Å². The standard InChI is InChI=1S/C48H31BN2O2/c52-49-41-18-9-16-36-37-17-10-20-46(48(37)53-47(36)41)51-42-19-8-7-15-35(42)38-28-32(23-26-45(38)51)33-22-25-44-40(29-33)39-27-31(30-11-3-1-4-12-30)21-24-43(39)50(44)34-13-5-2-6-14-34/h1-29,49,52H. The van der Waals surface area contributed by atoms with Crippen LogP contribution in [0.1, 0.15) is 0 Å². The number of rotatable bonds is 5. The van der Waals surface area contributed by atoms with Gasteiger partial charge in [0.1, 0.15) is 5.58 Å². The summed E-state index contributed by atoms with van der Waals surface area (Å²) in [5.41, 5.74) is 13.8. The molecule has 0 fully saturated rings. The molecule has 0 bridgehead atoms. The van der Waals surface area contributed by atoms with Gasteiger partial charge in [-0.2, -0.15) is 0 Å². The highest BCUT2D eigenvalue weighted by atomic mass is 16.3. The van der Waals surface area contributed by atoms with E-state index < -0.39 is 0 Å². The van der Waals surface area contributed by atoms with E-state index in [0.29, 0.717) is 0 Å². The third-order valence-corrected chi connectivity index (χ3v) is 10.9. The van der Waals surface area contributed by atoms with Gasteiger partial charge in [0, 0.05) is 38.0 Å². The lowest BCUT2D eigenvalue weighted by Gasteiger charge is -2.10. The third-order valence-electron chi connectivity index (χ3n) is 10.9. The van der Waals surface area contributed by atoms with Crippen molar-refractivity contribution in [3.05, 3.63) is 176 Å². The summed E-state index contributed by atoms with van der Waals surface area (Å²) in [6, 6.07) is 62.7. The predicted octanol–water partition coefficient (Wildman–Crippen LogP) is 11.1. The highest BCUT2D eigenvalue weighted by Gasteiger charge is 2.20. The molecule has 3 heterocycles. The van der Waals surface area contributed by atoms with Crippen LogP contribution in [0.25, 0.3) is 99.2 Å². The summed E-state index contributed by atoms with van der Waals surface area (Å²) in [6.45, 7) is 0. The predicted molar refractivity (Wildman–Crippen MR) is 222 cm³/mol. The van der Waals surface area contributed by atoms with Crippen molar-refractivity contribution in [1.82, 2.24) is 9.13 Å². The Hall–Kier alpha value is -6.82. The molecule has 4 nitrogen and oxygen atoms in total. The monoisotopic (exact) mass is 678 g/mol. The molecule has 0 saturated carbocycles. The second kappa shape index (κ2) is 11.6. The number of hydrogen-bond donors (Lipinski definition) is 1.